The van der Waals surface area contributed by atoms with Crippen LogP contribution in [0.2, 0.25) is 0 Å². The van der Waals surface area contributed by atoms with Gasteiger partial charge in [-0.05, 0) is 59.3 Å². The molecule has 100 valence electrons. The van der Waals surface area contributed by atoms with Crippen molar-refractivity contribution in [3.05, 3.63) is 34.1 Å². The van der Waals surface area contributed by atoms with Gasteiger partial charge in [0, 0.05) is 12.1 Å². The van der Waals surface area contributed by atoms with Crippen LogP contribution in [0.3, 0.4) is 0 Å². The minimum atomic E-state index is -0.198. The molecular weight excluding hydrogens is 293 g/mol. The summed E-state index contributed by atoms with van der Waals surface area (Å²) in [6, 6.07) is 6.11. The first-order valence-corrected chi connectivity index (χ1v) is 7.60. The maximum absolute atomic E-state index is 13.2. The van der Waals surface area contributed by atoms with E-state index in [0.717, 1.165) is 17.9 Å². The number of benzene rings is 1. The van der Waals surface area contributed by atoms with Crippen molar-refractivity contribution >= 4 is 15.9 Å². The van der Waals surface area contributed by atoms with E-state index in [9.17, 15) is 4.39 Å². The lowest BCUT2D eigenvalue weighted by atomic mass is 10.0. The van der Waals surface area contributed by atoms with Crippen molar-refractivity contribution in [1.29, 1.82) is 0 Å². The van der Waals surface area contributed by atoms with Crippen molar-refractivity contribution in [3.8, 4) is 0 Å². The van der Waals surface area contributed by atoms with Gasteiger partial charge in [-0.2, -0.15) is 0 Å². The SMILES string of the molecule is CCC(CC1CC1)NC(C)c1ccc(F)c(Br)c1. The molecule has 0 amide bonds. The Hall–Kier alpha value is -0.410. The van der Waals surface area contributed by atoms with E-state index in [1.54, 1.807) is 0 Å². The van der Waals surface area contributed by atoms with Gasteiger partial charge < -0.3 is 5.32 Å². The van der Waals surface area contributed by atoms with Crippen LogP contribution in [0.15, 0.2) is 22.7 Å². The molecule has 0 heterocycles. The second-order valence-electron chi connectivity index (χ2n) is 5.35. The van der Waals surface area contributed by atoms with Gasteiger partial charge in [0.15, 0.2) is 0 Å². The molecule has 0 aliphatic heterocycles. The summed E-state index contributed by atoms with van der Waals surface area (Å²) in [7, 11) is 0. The Morgan fingerprint density at radius 3 is 2.72 bits per heavy atom. The molecular formula is C15H21BrFN. The fraction of sp³-hybridized carbons (Fsp3) is 0.600. The molecule has 1 fully saturated rings. The average Bonchev–Trinajstić information content (AvgIpc) is 3.15. The van der Waals surface area contributed by atoms with Gasteiger partial charge in [0.25, 0.3) is 0 Å². The van der Waals surface area contributed by atoms with Crippen molar-refractivity contribution in [2.75, 3.05) is 0 Å². The van der Waals surface area contributed by atoms with E-state index in [1.807, 2.05) is 12.1 Å². The van der Waals surface area contributed by atoms with Crippen molar-refractivity contribution in [2.24, 2.45) is 5.92 Å². The molecule has 18 heavy (non-hydrogen) atoms. The number of rotatable bonds is 6. The van der Waals surface area contributed by atoms with Crippen LogP contribution in [-0.4, -0.2) is 6.04 Å². The molecule has 0 spiro atoms. The minimum absolute atomic E-state index is 0.198. The van der Waals surface area contributed by atoms with E-state index in [-0.39, 0.29) is 11.9 Å². The van der Waals surface area contributed by atoms with Crippen molar-refractivity contribution < 1.29 is 4.39 Å². The normalized spacial score (nSPS) is 18.7. The third-order valence-corrected chi connectivity index (χ3v) is 4.34. The summed E-state index contributed by atoms with van der Waals surface area (Å²) in [5, 5.41) is 3.66. The second kappa shape index (κ2) is 6.16. The Kier molecular flexibility index (Phi) is 4.79. The van der Waals surface area contributed by atoms with Crippen LogP contribution in [0.1, 0.15) is 51.1 Å². The fourth-order valence-corrected chi connectivity index (χ4v) is 2.74. The first kappa shape index (κ1) is 14.0. The molecule has 1 aliphatic rings. The Balaban J connectivity index is 1.96. The zero-order valence-electron chi connectivity index (χ0n) is 11.0. The Bertz CT molecular complexity index is 403. The summed E-state index contributed by atoms with van der Waals surface area (Å²) in [4.78, 5) is 0. The molecule has 3 heteroatoms. The Labute approximate surface area is 117 Å². The third kappa shape index (κ3) is 3.79. The highest BCUT2D eigenvalue weighted by Gasteiger charge is 2.25. The fourth-order valence-electron chi connectivity index (χ4n) is 2.34. The third-order valence-electron chi connectivity index (χ3n) is 3.74. The van der Waals surface area contributed by atoms with Crippen molar-refractivity contribution in [1.82, 2.24) is 5.32 Å². The Morgan fingerprint density at radius 2 is 2.17 bits per heavy atom. The predicted molar refractivity (Wildman–Crippen MR) is 77.1 cm³/mol. The molecule has 0 aromatic heterocycles. The number of nitrogens with one attached hydrogen (secondary N) is 1. The highest BCUT2D eigenvalue weighted by atomic mass is 79.9. The van der Waals surface area contributed by atoms with E-state index in [1.165, 1.54) is 25.3 Å². The summed E-state index contributed by atoms with van der Waals surface area (Å²) in [5.41, 5.74) is 1.14. The summed E-state index contributed by atoms with van der Waals surface area (Å²) in [5.74, 6) is 0.741. The van der Waals surface area contributed by atoms with E-state index in [2.05, 4.69) is 35.1 Å². The monoisotopic (exact) mass is 313 g/mol. The van der Waals surface area contributed by atoms with E-state index < -0.39 is 0 Å². The first-order chi connectivity index (χ1) is 8.60. The molecule has 0 bridgehead atoms. The number of hydrogen-bond acceptors (Lipinski definition) is 1. The van der Waals surface area contributed by atoms with Gasteiger partial charge in [0.05, 0.1) is 4.47 Å². The van der Waals surface area contributed by atoms with Gasteiger partial charge in [-0.1, -0.05) is 25.8 Å². The molecule has 1 N–H and O–H groups in total. The summed E-state index contributed by atoms with van der Waals surface area (Å²) in [6.45, 7) is 4.38. The van der Waals surface area contributed by atoms with E-state index in [0.29, 0.717) is 10.5 Å². The van der Waals surface area contributed by atoms with E-state index in [4.69, 9.17) is 0 Å². The largest absolute Gasteiger partial charge is 0.307 e. The van der Waals surface area contributed by atoms with E-state index >= 15 is 0 Å². The minimum Gasteiger partial charge on any atom is -0.307 e. The predicted octanol–water partition coefficient (Wildman–Crippen LogP) is 4.82. The van der Waals surface area contributed by atoms with Gasteiger partial charge in [-0.3, -0.25) is 0 Å². The quantitative estimate of drug-likeness (QED) is 0.794. The van der Waals surface area contributed by atoms with Crippen molar-refractivity contribution in [2.45, 2.75) is 51.6 Å². The lowest BCUT2D eigenvalue weighted by Gasteiger charge is -2.23. The highest BCUT2D eigenvalue weighted by molar-refractivity contribution is 9.10. The van der Waals surface area contributed by atoms with Crippen LogP contribution < -0.4 is 5.32 Å². The lowest BCUT2D eigenvalue weighted by molar-refractivity contribution is 0.403. The van der Waals surface area contributed by atoms with Gasteiger partial charge in [-0.15, -0.1) is 0 Å². The maximum atomic E-state index is 13.2. The van der Waals surface area contributed by atoms with Gasteiger partial charge in [0.2, 0.25) is 0 Å². The van der Waals surface area contributed by atoms with Crippen LogP contribution in [-0.2, 0) is 0 Å². The molecule has 2 unspecified atom stereocenters. The molecule has 2 rings (SSSR count). The number of hydrogen-bond donors (Lipinski definition) is 1. The molecule has 1 aromatic carbocycles. The second-order valence-corrected chi connectivity index (χ2v) is 6.20. The zero-order valence-corrected chi connectivity index (χ0v) is 12.6. The molecule has 0 radical (unpaired) electrons. The summed E-state index contributed by atoms with van der Waals surface area (Å²) >= 11 is 3.25. The topological polar surface area (TPSA) is 12.0 Å². The van der Waals surface area contributed by atoms with Gasteiger partial charge in [0.1, 0.15) is 5.82 Å². The van der Waals surface area contributed by atoms with Gasteiger partial charge in [-0.25, -0.2) is 4.39 Å². The maximum Gasteiger partial charge on any atom is 0.137 e. The van der Waals surface area contributed by atoms with Crippen LogP contribution in [0.25, 0.3) is 0 Å². The van der Waals surface area contributed by atoms with Crippen LogP contribution in [0, 0.1) is 11.7 Å². The molecule has 1 aromatic rings. The smallest absolute Gasteiger partial charge is 0.137 e. The first-order valence-electron chi connectivity index (χ1n) is 6.81. The molecule has 1 aliphatic carbocycles. The molecule has 2 atom stereocenters. The van der Waals surface area contributed by atoms with Crippen LogP contribution >= 0.6 is 15.9 Å². The van der Waals surface area contributed by atoms with Crippen LogP contribution in [0.5, 0.6) is 0 Å². The molecule has 0 saturated heterocycles. The summed E-state index contributed by atoms with van der Waals surface area (Å²) in [6.07, 6.45) is 5.23. The van der Waals surface area contributed by atoms with Crippen LogP contribution in [0.4, 0.5) is 4.39 Å². The lowest BCUT2D eigenvalue weighted by Crippen LogP contribution is -2.31. The average molecular weight is 314 g/mol. The Morgan fingerprint density at radius 1 is 1.44 bits per heavy atom. The number of halogens is 2. The standard InChI is InChI=1S/C15H21BrFN/c1-3-13(8-11-4-5-11)18-10(2)12-6-7-15(17)14(16)9-12/h6-7,9-11,13,18H,3-5,8H2,1-2H3. The zero-order chi connectivity index (χ0) is 13.1. The van der Waals surface area contributed by atoms with Gasteiger partial charge >= 0.3 is 0 Å². The molecule has 1 nitrogen and oxygen atoms in total. The van der Waals surface area contributed by atoms with Crippen molar-refractivity contribution in [3.63, 3.8) is 0 Å². The highest BCUT2D eigenvalue weighted by Crippen LogP contribution is 2.34. The molecule has 1 saturated carbocycles. The summed E-state index contributed by atoms with van der Waals surface area (Å²) < 4.78 is 13.7.